The summed E-state index contributed by atoms with van der Waals surface area (Å²) < 4.78 is 0. The maximum Gasteiger partial charge on any atom is 0.323 e. The van der Waals surface area contributed by atoms with Crippen LogP contribution in [0.15, 0.2) is 24.3 Å². The Hall–Kier alpha value is -2.24. The van der Waals surface area contributed by atoms with Gasteiger partial charge in [0.05, 0.1) is 11.4 Å². The first-order chi connectivity index (χ1) is 8.41. The zero-order chi connectivity index (χ0) is 13.7. The van der Waals surface area contributed by atoms with Crippen LogP contribution in [0.25, 0.3) is 0 Å². The van der Waals surface area contributed by atoms with Gasteiger partial charge in [-0.25, -0.2) is 4.79 Å². The van der Waals surface area contributed by atoms with E-state index in [-0.39, 0.29) is 12.6 Å². The van der Waals surface area contributed by atoms with E-state index >= 15 is 0 Å². The van der Waals surface area contributed by atoms with Crippen LogP contribution in [0.1, 0.15) is 13.8 Å². The number of hydrogen-bond acceptors (Lipinski definition) is 3. The van der Waals surface area contributed by atoms with Crippen LogP contribution in [-0.2, 0) is 4.79 Å². The van der Waals surface area contributed by atoms with Crippen molar-refractivity contribution in [2.24, 2.45) is 0 Å². The molecule has 6 nitrogen and oxygen atoms in total. The van der Waals surface area contributed by atoms with Crippen molar-refractivity contribution in [3.05, 3.63) is 24.3 Å². The van der Waals surface area contributed by atoms with Gasteiger partial charge in [-0.1, -0.05) is 12.1 Å². The fourth-order valence-corrected chi connectivity index (χ4v) is 1.43. The fourth-order valence-electron chi connectivity index (χ4n) is 1.43. The van der Waals surface area contributed by atoms with Crippen LogP contribution in [0, 0.1) is 0 Å². The molecule has 0 spiro atoms. The second-order valence-electron chi connectivity index (χ2n) is 4.13. The van der Waals surface area contributed by atoms with Crippen LogP contribution in [0.2, 0.25) is 0 Å². The van der Waals surface area contributed by atoms with Gasteiger partial charge in [-0.05, 0) is 26.0 Å². The highest BCUT2D eigenvalue weighted by Crippen LogP contribution is 2.17. The number of carboxylic acids is 1. The second-order valence-corrected chi connectivity index (χ2v) is 4.13. The molecule has 0 heterocycles. The molecule has 2 amide bonds. The van der Waals surface area contributed by atoms with E-state index in [9.17, 15) is 9.59 Å². The number of carbonyl (C=O) groups is 2. The molecule has 98 valence electrons. The summed E-state index contributed by atoms with van der Waals surface area (Å²) in [4.78, 5) is 23.8. The molecule has 0 unspecified atom stereocenters. The third kappa shape index (κ3) is 3.65. The minimum absolute atomic E-state index is 0.217. The van der Waals surface area contributed by atoms with Gasteiger partial charge in [-0.15, -0.1) is 0 Å². The van der Waals surface area contributed by atoms with E-state index in [1.807, 2.05) is 0 Å². The smallest absolute Gasteiger partial charge is 0.323 e. The van der Waals surface area contributed by atoms with Crippen molar-refractivity contribution in [2.45, 2.75) is 19.9 Å². The maximum absolute atomic E-state index is 11.9. The molecule has 0 aliphatic carbocycles. The van der Waals surface area contributed by atoms with Crippen LogP contribution in [0.3, 0.4) is 0 Å². The first-order valence-corrected chi connectivity index (χ1v) is 5.55. The number of carbonyl (C=O) groups excluding carboxylic acids is 1. The molecule has 0 aliphatic rings. The van der Waals surface area contributed by atoms with Crippen molar-refractivity contribution in [1.82, 2.24) is 4.90 Å². The number of carboxylic acid groups (broad SMARTS) is 1. The lowest BCUT2D eigenvalue weighted by molar-refractivity contribution is -0.137. The van der Waals surface area contributed by atoms with E-state index in [2.05, 4.69) is 5.32 Å². The molecular formula is C12H17N3O3. The zero-order valence-electron chi connectivity index (χ0n) is 10.4. The summed E-state index contributed by atoms with van der Waals surface area (Å²) in [5, 5.41) is 11.4. The third-order valence-electron chi connectivity index (χ3n) is 2.39. The number of rotatable bonds is 4. The third-order valence-corrected chi connectivity index (χ3v) is 2.39. The molecule has 4 N–H and O–H groups in total. The monoisotopic (exact) mass is 251 g/mol. The van der Waals surface area contributed by atoms with Gasteiger partial charge in [0.15, 0.2) is 0 Å². The Morgan fingerprint density at radius 3 is 2.50 bits per heavy atom. The molecule has 0 aromatic heterocycles. The minimum Gasteiger partial charge on any atom is -0.480 e. The summed E-state index contributed by atoms with van der Waals surface area (Å²) in [6, 6.07) is 6.11. The number of nitrogen functional groups attached to an aromatic ring is 1. The van der Waals surface area contributed by atoms with Crippen molar-refractivity contribution in [1.29, 1.82) is 0 Å². The number of aliphatic carboxylic acids is 1. The number of urea groups is 1. The molecule has 1 aromatic carbocycles. The number of para-hydroxylation sites is 2. The number of hydrogen-bond donors (Lipinski definition) is 3. The largest absolute Gasteiger partial charge is 0.480 e. The molecule has 18 heavy (non-hydrogen) atoms. The van der Waals surface area contributed by atoms with Crippen LogP contribution >= 0.6 is 0 Å². The van der Waals surface area contributed by atoms with E-state index in [1.165, 1.54) is 4.90 Å². The summed E-state index contributed by atoms with van der Waals surface area (Å²) in [5.74, 6) is -1.06. The van der Waals surface area contributed by atoms with Gasteiger partial charge < -0.3 is 21.1 Å². The zero-order valence-corrected chi connectivity index (χ0v) is 10.4. The van der Waals surface area contributed by atoms with Crippen LogP contribution in [0.4, 0.5) is 16.2 Å². The number of amides is 2. The Kier molecular flexibility index (Phi) is 4.53. The Labute approximate surface area is 105 Å². The predicted molar refractivity (Wildman–Crippen MR) is 69.4 cm³/mol. The lowest BCUT2D eigenvalue weighted by atomic mass is 10.2. The Morgan fingerprint density at radius 1 is 1.39 bits per heavy atom. The van der Waals surface area contributed by atoms with Gasteiger partial charge in [0.2, 0.25) is 0 Å². The second kappa shape index (κ2) is 5.90. The van der Waals surface area contributed by atoms with E-state index in [0.717, 1.165) is 0 Å². The van der Waals surface area contributed by atoms with Crippen LogP contribution in [-0.4, -0.2) is 34.6 Å². The first kappa shape index (κ1) is 13.8. The van der Waals surface area contributed by atoms with Gasteiger partial charge in [-0.2, -0.15) is 0 Å². The van der Waals surface area contributed by atoms with Crippen molar-refractivity contribution in [3.8, 4) is 0 Å². The number of anilines is 2. The van der Waals surface area contributed by atoms with Gasteiger partial charge in [-0.3, -0.25) is 4.79 Å². The van der Waals surface area contributed by atoms with Crippen molar-refractivity contribution in [3.63, 3.8) is 0 Å². The molecule has 0 bridgehead atoms. The molecule has 1 rings (SSSR count). The highest BCUT2D eigenvalue weighted by molar-refractivity contribution is 5.94. The normalized spacial score (nSPS) is 10.2. The summed E-state index contributed by atoms with van der Waals surface area (Å²) >= 11 is 0. The lowest BCUT2D eigenvalue weighted by Crippen LogP contribution is -2.43. The topological polar surface area (TPSA) is 95.7 Å². The van der Waals surface area contributed by atoms with Crippen LogP contribution < -0.4 is 11.1 Å². The van der Waals surface area contributed by atoms with Gasteiger partial charge >= 0.3 is 12.0 Å². The summed E-state index contributed by atoms with van der Waals surface area (Å²) in [7, 11) is 0. The van der Waals surface area contributed by atoms with Gasteiger partial charge in [0, 0.05) is 6.04 Å². The standard InChI is InChI=1S/C12H17N3O3/c1-8(2)15(7-11(16)17)12(18)14-10-6-4-3-5-9(10)13/h3-6,8H,7,13H2,1-2H3,(H,14,18)(H,16,17). The Balaban J connectivity index is 2.79. The summed E-state index contributed by atoms with van der Waals surface area (Å²) in [5.41, 5.74) is 6.60. The molecule has 1 aromatic rings. The molecule has 0 fully saturated rings. The minimum atomic E-state index is -1.06. The number of nitrogens with zero attached hydrogens (tertiary/aromatic N) is 1. The van der Waals surface area contributed by atoms with Crippen LogP contribution in [0.5, 0.6) is 0 Å². The molecule has 0 radical (unpaired) electrons. The highest BCUT2D eigenvalue weighted by Gasteiger charge is 2.20. The van der Waals surface area contributed by atoms with Crippen molar-refractivity contribution < 1.29 is 14.7 Å². The Bertz CT molecular complexity index is 446. The first-order valence-electron chi connectivity index (χ1n) is 5.55. The number of nitrogens with two attached hydrogens (primary N) is 1. The van der Waals surface area contributed by atoms with Gasteiger partial charge in [0.1, 0.15) is 6.54 Å². The SMILES string of the molecule is CC(C)N(CC(=O)O)C(=O)Nc1ccccc1N. The molecule has 0 atom stereocenters. The summed E-state index contributed by atoms with van der Waals surface area (Å²) in [6.07, 6.45) is 0. The van der Waals surface area contributed by atoms with Crippen molar-refractivity contribution in [2.75, 3.05) is 17.6 Å². The van der Waals surface area contributed by atoms with E-state index in [1.54, 1.807) is 38.1 Å². The fraction of sp³-hybridized carbons (Fsp3) is 0.333. The molecule has 0 saturated carbocycles. The van der Waals surface area contributed by atoms with E-state index in [4.69, 9.17) is 10.8 Å². The maximum atomic E-state index is 11.9. The van der Waals surface area contributed by atoms with E-state index < -0.39 is 12.0 Å². The predicted octanol–water partition coefficient (Wildman–Crippen LogP) is 1.60. The molecule has 6 heteroatoms. The lowest BCUT2D eigenvalue weighted by Gasteiger charge is -2.25. The van der Waals surface area contributed by atoms with Crippen molar-refractivity contribution >= 4 is 23.4 Å². The quantitative estimate of drug-likeness (QED) is 0.708. The summed E-state index contributed by atoms with van der Waals surface area (Å²) in [6.45, 7) is 3.14. The molecular weight excluding hydrogens is 234 g/mol. The average molecular weight is 251 g/mol. The molecule has 0 aliphatic heterocycles. The molecule has 0 saturated heterocycles. The van der Waals surface area contributed by atoms with E-state index in [0.29, 0.717) is 11.4 Å². The average Bonchev–Trinajstić information content (AvgIpc) is 2.28. The Morgan fingerprint density at radius 2 is 2.00 bits per heavy atom. The number of nitrogens with one attached hydrogen (secondary N) is 1. The van der Waals surface area contributed by atoms with Gasteiger partial charge in [0.25, 0.3) is 0 Å². The number of benzene rings is 1. The highest BCUT2D eigenvalue weighted by atomic mass is 16.4.